The molecule has 2 rings (SSSR count). The molecular formula is C29H51N7O7. The Labute approximate surface area is 253 Å². The van der Waals surface area contributed by atoms with E-state index in [1.807, 2.05) is 0 Å². The molecule has 14 nitrogen and oxygen atoms in total. The highest BCUT2D eigenvalue weighted by atomic mass is 16.6. The van der Waals surface area contributed by atoms with Crippen LogP contribution in [0.25, 0.3) is 0 Å². The molecule has 2 heterocycles. The summed E-state index contributed by atoms with van der Waals surface area (Å²) < 4.78 is 6.33. The van der Waals surface area contributed by atoms with Gasteiger partial charge in [-0.25, -0.2) is 4.79 Å². The Morgan fingerprint density at radius 3 is 2.21 bits per heavy atom. The van der Waals surface area contributed by atoms with Gasteiger partial charge in [0, 0.05) is 19.2 Å². The maximum absolute atomic E-state index is 13.1. The van der Waals surface area contributed by atoms with E-state index in [1.165, 1.54) is 57.2 Å². The minimum absolute atomic E-state index is 0.0631. The van der Waals surface area contributed by atoms with Crippen LogP contribution in [0.2, 0.25) is 0 Å². The zero-order valence-electron chi connectivity index (χ0n) is 25.3. The average molecular weight is 610 g/mol. The number of carbonyl (C=O) groups is 2. The fourth-order valence-electron chi connectivity index (χ4n) is 4.99. The van der Waals surface area contributed by atoms with Crippen LogP contribution in [0.15, 0.2) is 22.1 Å². The van der Waals surface area contributed by atoms with Gasteiger partial charge in [0.25, 0.3) is 0 Å². The number of guanidine groups is 1. The zero-order valence-corrected chi connectivity index (χ0v) is 25.3. The number of aliphatic hydroxyl groups excluding tert-OH is 3. The van der Waals surface area contributed by atoms with Crippen LogP contribution < -0.4 is 27.8 Å². The number of nitrogens with zero attached hydrogens (tertiary/aromatic N) is 3. The van der Waals surface area contributed by atoms with E-state index in [9.17, 15) is 29.7 Å². The van der Waals surface area contributed by atoms with Gasteiger partial charge >= 0.3 is 5.69 Å². The molecule has 0 aromatic carbocycles. The summed E-state index contributed by atoms with van der Waals surface area (Å²) >= 11 is 0. The first-order chi connectivity index (χ1) is 20.7. The molecule has 1 aliphatic heterocycles. The van der Waals surface area contributed by atoms with Crippen LogP contribution in [0.3, 0.4) is 0 Å². The fraction of sp³-hybridized carbons (Fsp3) is 0.759. The summed E-state index contributed by atoms with van der Waals surface area (Å²) in [5.41, 5.74) is 9.90. The van der Waals surface area contributed by atoms with Crippen molar-refractivity contribution in [3.8, 4) is 0 Å². The van der Waals surface area contributed by atoms with Gasteiger partial charge in [-0.1, -0.05) is 71.1 Å². The third-order valence-corrected chi connectivity index (χ3v) is 7.48. The van der Waals surface area contributed by atoms with Crippen molar-refractivity contribution in [3.63, 3.8) is 0 Å². The molecule has 0 aliphatic carbocycles. The Hall–Kier alpha value is -3.07. The van der Waals surface area contributed by atoms with E-state index in [4.69, 9.17) is 16.2 Å². The first-order valence-corrected chi connectivity index (χ1v) is 15.5. The molecule has 1 aromatic heterocycles. The molecule has 0 saturated carbocycles. The normalized spacial score (nSPS) is 20.5. The number of hydrogen-bond donors (Lipinski definition) is 7. The van der Waals surface area contributed by atoms with Gasteiger partial charge in [0.15, 0.2) is 12.2 Å². The maximum Gasteiger partial charge on any atom is 0.351 e. The van der Waals surface area contributed by atoms with Crippen molar-refractivity contribution in [2.24, 2.45) is 16.5 Å². The van der Waals surface area contributed by atoms with Crippen molar-refractivity contribution in [2.75, 3.05) is 18.5 Å². The predicted molar refractivity (Wildman–Crippen MR) is 163 cm³/mol. The minimum Gasteiger partial charge on any atom is -0.394 e. The highest BCUT2D eigenvalue weighted by molar-refractivity contribution is 5.96. The summed E-state index contributed by atoms with van der Waals surface area (Å²) in [6, 6.07) is 0.427. The molecule has 0 radical (unpaired) electrons. The van der Waals surface area contributed by atoms with Gasteiger partial charge in [0.2, 0.25) is 11.8 Å². The molecule has 1 aromatic rings. The van der Waals surface area contributed by atoms with Crippen LogP contribution in [0.4, 0.5) is 5.82 Å². The van der Waals surface area contributed by atoms with Crippen LogP contribution in [0, 0.1) is 0 Å². The summed E-state index contributed by atoms with van der Waals surface area (Å²) in [4.78, 5) is 46.1. The Kier molecular flexibility index (Phi) is 16.8. The van der Waals surface area contributed by atoms with Crippen LogP contribution in [-0.4, -0.2) is 80.1 Å². The van der Waals surface area contributed by atoms with Crippen LogP contribution >= 0.6 is 0 Å². The monoisotopic (exact) mass is 609 g/mol. The van der Waals surface area contributed by atoms with E-state index in [0.29, 0.717) is 12.8 Å². The van der Waals surface area contributed by atoms with Crippen LogP contribution in [0.1, 0.15) is 103 Å². The maximum atomic E-state index is 13.1. The largest absolute Gasteiger partial charge is 0.394 e. The quantitative estimate of drug-likeness (QED) is 0.0595. The fourth-order valence-corrected chi connectivity index (χ4v) is 4.99. The number of aliphatic imine (C=N–C) groups is 1. The highest BCUT2D eigenvalue weighted by Gasteiger charge is 2.43. The van der Waals surface area contributed by atoms with Gasteiger partial charge in [-0.05, 0) is 25.3 Å². The molecule has 43 heavy (non-hydrogen) atoms. The standard InChI is InChI=1S/C29H51N7O7/c1-2-3-4-5-6-7-8-9-10-11-12-15-23(38)33-20(14-13-17-32-28(30)31)26(41)34-22-16-18-36(29(42)35-22)27-25(40)24(39)21(19-37)43-27/h16,18,20-21,24-25,27,37,39-40H,2-15,17,19H2,1H3,(H,33,38)(H4,30,31,32)(H,34,35,41,42)/t20-,21-,24-,25+,27-/m0/s1. The number of amides is 2. The average Bonchev–Trinajstić information content (AvgIpc) is 3.26. The van der Waals surface area contributed by atoms with Crippen molar-refractivity contribution in [2.45, 2.75) is 127 Å². The number of carbonyl (C=O) groups excluding carboxylic acids is 2. The lowest BCUT2D eigenvalue weighted by Gasteiger charge is -2.19. The van der Waals surface area contributed by atoms with Crippen molar-refractivity contribution in [3.05, 3.63) is 22.7 Å². The van der Waals surface area contributed by atoms with Crippen molar-refractivity contribution in [1.29, 1.82) is 0 Å². The molecule has 5 atom stereocenters. The van der Waals surface area contributed by atoms with Crippen molar-refractivity contribution >= 4 is 23.6 Å². The number of nitrogens with two attached hydrogens (primary N) is 2. The molecule has 1 fully saturated rings. The number of aromatic nitrogens is 2. The van der Waals surface area contributed by atoms with Gasteiger partial charge in [-0.15, -0.1) is 0 Å². The molecule has 0 bridgehead atoms. The number of rotatable bonds is 21. The minimum atomic E-state index is -1.46. The second-order valence-corrected chi connectivity index (χ2v) is 11.1. The smallest absolute Gasteiger partial charge is 0.351 e. The van der Waals surface area contributed by atoms with Crippen molar-refractivity contribution in [1.82, 2.24) is 14.9 Å². The van der Waals surface area contributed by atoms with E-state index in [0.717, 1.165) is 30.3 Å². The molecule has 1 aliphatic rings. The van der Waals surface area contributed by atoms with Crippen LogP contribution in [-0.2, 0) is 14.3 Å². The Bertz CT molecular complexity index is 1060. The Balaban J connectivity index is 1.87. The molecule has 0 spiro atoms. The molecule has 2 amide bonds. The third kappa shape index (κ3) is 13.0. The summed E-state index contributed by atoms with van der Waals surface area (Å²) in [5, 5.41) is 34.8. The number of hydrogen-bond acceptors (Lipinski definition) is 9. The van der Waals surface area contributed by atoms with E-state index >= 15 is 0 Å². The molecule has 0 unspecified atom stereocenters. The second-order valence-electron chi connectivity index (χ2n) is 11.1. The van der Waals surface area contributed by atoms with Gasteiger partial charge in [-0.2, -0.15) is 4.98 Å². The van der Waals surface area contributed by atoms with Crippen LogP contribution in [0.5, 0.6) is 0 Å². The molecular weight excluding hydrogens is 558 g/mol. The van der Waals surface area contributed by atoms with Crippen molar-refractivity contribution < 1.29 is 29.6 Å². The number of nitrogens with one attached hydrogen (secondary N) is 2. The summed E-state index contributed by atoms with van der Waals surface area (Å²) in [5.74, 6) is -0.937. The van der Waals surface area contributed by atoms with E-state index in [2.05, 4.69) is 27.5 Å². The number of anilines is 1. The van der Waals surface area contributed by atoms with Gasteiger partial charge < -0.3 is 42.2 Å². The van der Waals surface area contributed by atoms with Gasteiger partial charge in [0.05, 0.1) is 6.61 Å². The molecule has 14 heteroatoms. The number of unbranched alkanes of at least 4 members (excludes halogenated alkanes) is 10. The number of ether oxygens (including phenoxy) is 1. The lowest BCUT2D eigenvalue weighted by molar-refractivity contribution is -0.126. The Morgan fingerprint density at radius 1 is 1.02 bits per heavy atom. The SMILES string of the molecule is CCCCCCCCCCCCCC(=O)N[C@@H](CCCN=C(N)N)C(=O)Nc1ccn([C@H]2O[C@@H](CO)[C@H](O)[C@H]2O)c(=O)n1. The highest BCUT2D eigenvalue weighted by Crippen LogP contribution is 2.28. The topological polar surface area (TPSA) is 227 Å². The number of aliphatic hydroxyl groups is 3. The van der Waals surface area contributed by atoms with E-state index in [1.54, 1.807) is 0 Å². The lowest BCUT2D eigenvalue weighted by atomic mass is 10.0. The second kappa shape index (κ2) is 20.0. The zero-order chi connectivity index (χ0) is 31.6. The first-order valence-electron chi connectivity index (χ1n) is 15.5. The third-order valence-electron chi connectivity index (χ3n) is 7.48. The first kappa shape index (κ1) is 36.1. The molecule has 9 N–H and O–H groups in total. The van der Waals surface area contributed by atoms with Gasteiger partial charge in [0.1, 0.15) is 30.2 Å². The molecule has 244 valence electrons. The summed E-state index contributed by atoms with van der Waals surface area (Å²) in [6.45, 7) is 1.95. The Morgan fingerprint density at radius 2 is 1.65 bits per heavy atom. The van der Waals surface area contributed by atoms with E-state index < -0.39 is 48.8 Å². The summed E-state index contributed by atoms with van der Waals surface area (Å²) in [6.07, 6.45) is 9.95. The predicted octanol–water partition coefficient (Wildman–Crippen LogP) is 1.03. The van der Waals surface area contributed by atoms with Gasteiger partial charge in [-0.3, -0.25) is 19.1 Å². The molecule has 1 saturated heterocycles. The van der Waals surface area contributed by atoms with E-state index in [-0.39, 0.29) is 30.7 Å². The lowest BCUT2D eigenvalue weighted by Crippen LogP contribution is -2.44. The summed E-state index contributed by atoms with van der Waals surface area (Å²) in [7, 11) is 0.